The second kappa shape index (κ2) is 13.3. The van der Waals surface area contributed by atoms with Gasteiger partial charge in [0.1, 0.15) is 5.75 Å². The number of ether oxygens (including phenoxy) is 3. The number of benzene rings is 1. The van der Waals surface area contributed by atoms with E-state index in [9.17, 15) is 9.59 Å². The maximum Gasteiger partial charge on any atom is 0.325 e. The number of thioether (sulfide) groups is 1. The Morgan fingerprint density at radius 3 is 2.16 bits per heavy atom. The Morgan fingerprint density at radius 2 is 1.66 bits per heavy atom. The van der Waals surface area contributed by atoms with E-state index in [1.807, 2.05) is 43.3 Å². The summed E-state index contributed by atoms with van der Waals surface area (Å²) in [6.45, 7) is 5.73. The molecule has 1 aromatic heterocycles. The van der Waals surface area contributed by atoms with Crippen molar-refractivity contribution in [1.82, 2.24) is 4.98 Å². The van der Waals surface area contributed by atoms with Gasteiger partial charge in [-0.1, -0.05) is 35.0 Å². The SMILES string of the molecule is CCOC(=O)C(C(=O)OCC)C(SCc1ccc(OC)cc1)=C(CC)c1cc(Br)ccn1. The van der Waals surface area contributed by atoms with Gasteiger partial charge >= 0.3 is 11.9 Å². The fourth-order valence-corrected chi connectivity index (χ4v) is 4.67. The lowest BCUT2D eigenvalue weighted by molar-refractivity contribution is -0.159. The first-order chi connectivity index (χ1) is 15.4. The minimum absolute atomic E-state index is 0.168. The summed E-state index contributed by atoms with van der Waals surface area (Å²) in [6, 6.07) is 11.4. The number of methoxy groups -OCH3 is 1. The number of halogens is 1. The molecule has 6 nitrogen and oxygen atoms in total. The minimum Gasteiger partial charge on any atom is -0.497 e. The van der Waals surface area contributed by atoms with Gasteiger partial charge in [0.2, 0.25) is 0 Å². The van der Waals surface area contributed by atoms with Crippen LogP contribution in [0.15, 0.2) is 52.0 Å². The Kier molecular flexibility index (Phi) is 10.8. The predicted octanol–water partition coefficient (Wildman–Crippen LogP) is 5.65. The second-order valence-electron chi connectivity index (χ2n) is 6.63. The van der Waals surface area contributed by atoms with Crippen LogP contribution < -0.4 is 4.74 Å². The summed E-state index contributed by atoms with van der Waals surface area (Å²) in [6.07, 6.45) is 2.26. The van der Waals surface area contributed by atoms with E-state index in [0.29, 0.717) is 22.8 Å². The molecule has 0 radical (unpaired) electrons. The van der Waals surface area contributed by atoms with Gasteiger partial charge in [-0.05, 0) is 55.7 Å². The summed E-state index contributed by atoms with van der Waals surface area (Å²) in [5.41, 5.74) is 2.52. The molecular weight excluding hydrogens is 494 g/mol. The molecule has 0 unspecified atom stereocenters. The van der Waals surface area contributed by atoms with Crippen LogP contribution >= 0.6 is 27.7 Å². The second-order valence-corrected chi connectivity index (χ2v) is 8.56. The fourth-order valence-electron chi connectivity index (χ4n) is 3.04. The summed E-state index contributed by atoms with van der Waals surface area (Å²) < 4.78 is 16.6. The highest BCUT2D eigenvalue weighted by atomic mass is 79.9. The third kappa shape index (κ3) is 7.10. The van der Waals surface area contributed by atoms with E-state index in [1.165, 1.54) is 11.8 Å². The lowest BCUT2D eigenvalue weighted by Crippen LogP contribution is -2.30. The molecule has 0 bridgehead atoms. The average molecular weight is 522 g/mol. The zero-order valence-electron chi connectivity index (χ0n) is 18.7. The smallest absolute Gasteiger partial charge is 0.325 e. The number of nitrogens with zero attached hydrogens (tertiary/aromatic N) is 1. The topological polar surface area (TPSA) is 74.7 Å². The van der Waals surface area contributed by atoms with Gasteiger partial charge in [-0.25, -0.2) is 0 Å². The molecule has 0 fully saturated rings. The van der Waals surface area contributed by atoms with Gasteiger partial charge in [0.15, 0.2) is 5.92 Å². The number of pyridine rings is 1. The van der Waals surface area contributed by atoms with Crippen molar-refractivity contribution in [3.05, 3.63) is 63.2 Å². The van der Waals surface area contributed by atoms with Gasteiger partial charge in [-0.3, -0.25) is 14.6 Å². The predicted molar refractivity (Wildman–Crippen MR) is 130 cm³/mol. The molecule has 1 aromatic carbocycles. The molecule has 0 aliphatic rings. The molecule has 2 rings (SSSR count). The molecule has 1 heterocycles. The van der Waals surface area contributed by atoms with Crippen molar-refractivity contribution in [3.8, 4) is 5.75 Å². The molecule has 0 aliphatic carbocycles. The molecular formula is C24H28BrNO5S. The van der Waals surface area contributed by atoms with Crippen LogP contribution in [-0.2, 0) is 24.8 Å². The van der Waals surface area contributed by atoms with E-state index in [-0.39, 0.29) is 13.2 Å². The molecule has 0 saturated carbocycles. The lowest BCUT2D eigenvalue weighted by Gasteiger charge is -2.21. The number of hydrogen-bond acceptors (Lipinski definition) is 7. The van der Waals surface area contributed by atoms with Crippen LogP contribution in [0.2, 0.25) is 0 Å². The Bertz CT molecular complexity index is 928. The first-order valence-corrected chi connectivity index (χ1v) is 12.2. The molecule has 8 heteroatoms. The van der Waals surface area contributed by atoms with Crippen molar-refractivity contribution in [3.63, 3.8) is 0 Å². The third-order valence-corrected chi connectivity index (χ3v) is 6.31. The number of allylic oxidation sites excluding steroid dienone is 1. The molecule has 0 atom stereocenters. The summed E-state index contributed by atoms with van der Waals surface area (Å²) in [5, 5.41) is 0. The summed E-state index contributed by atoms with van der Waals surface area (Å²) in [7, 11) is 1.62. The standard InChI is InChI=1S/C24H28BrNO5S/c1-5-19(20-14-17(25)12-13-26-20)22(21(23(27)30-6-2)24(28)31-7-3)32-15-16-8-10-18(29-4)11-9-16/h8-14,21H,5-7,15H2,1-4H3. The largest absolute Gasteiger partial charge is 0.497 e. The molecule has 0 saturated heterocycles. The van der Waals surface area contributed by atoms with Crippen molar-refractivity contribution in [1.29, 1.82) is 0 Å². The highest BCUT2D eigenvalue weighted by molar-refractivity contribution is 9.10. The number of esters is 2. The quantitative estimate of drug-likeness (QED) is 0.279. The first-order valence-electron chi connectivity index (χ1n) is 10.4. The number of carbonyl (C=O) groups excluding carboxylic acids is 2. The van der Waals surface area contributed by atoms with Gasteiger partial charge in [-0.15, -0.1) is 11.8 Å². The lowest BCUT2D eigenvalue weighted by atomic mass is 10.0. The number of hydrogen-bond donors (Lipinski definition) is 0. The molecule has 0 spiro atoms. The average Bonchev–Trinajstić information content (AvgIpc) is 2.78. The normalized spacial score (nSPS) is 11.7. The van der Waals surface area contributed by atoms with E-state index in [1.54, 1.807) is 27.2 Å². The van der Waals surface area contributed by atoms with Crippen LogP contribution in [-0.4, -0.2) is 37.2 Å². The van der Waals surface area contributed by atoms with Gasteiger partial charge in [0.25, 0.3) is 0 Å². The highest BCUT2D eigenvalue weighted by Gasteiger charge is 2.36. The van der Waals surface area contributed by atoms with Crippen LogP contribution in [0.25, 0.3) is 5.57 Å². The van der Waals surface area contributed by atoms with Crippen molar-refractivity contribution < 1.29 is 23.8 Å². The van der Waals surface area contributed by atoms with E-state index in [0.717, 1.165) is 21.4 Å². The number of rotatable bonds is 11. The Labute approximate surface area is 201 Å². The van der Waals surface area contributed by atoms with E-state index in [2.05, 4.69) is 20.9 Å². The Hall–Kier alpha value is -2.32. The highest BCUT2D eigenvalue weighted by Crippen LogP contribution is 2.38. The van der Waals surface area contributed by atoms with E-state index >= 15 is 0 Å². The van der Waals surface area contributed by atoms with Gasteiger partial charge in [0, 0.05) is 21.3 Å². The molecule has 0 N–H and O–H groups in total. The summed E-state index contributed by atoms with van der Waals surface area (Å²) in [4.78, 5) is 30.9. The van der Waals surface area contributed by atoms with Crippen LogP contribution in [0.4, 0.5) is 0 Å². The minimum atomic E-state index is -1.17. The van der Waals surface area contributed by atoms with Crippen molar-refractivity contribution in [2.24, 2.45) is 5.92 Å². The zero-order chi connectivity index (χ0) is 23.5. The van der Waals surface area contributed by atoms with E-state index < -0.39 is 17.9 Å². The van der Waals surface area contributed by atoms with Crippen molar-refractivity contribution in [2.45, 2.75) is 32.9 Å². The summed E-state index contributed by atoms with van der Waals surface area (Å²) >= 11 is 4.90. The first kappa shape index (κ1) is 25.9. The van der Waals surface area contributed by atoms with Gasteiger partial charge < -0.3 is 14.2 Å². The van der Waals surface area contributed by atoms with Crippen LogP contribution in [0.1, 0.15) is 38.4 Å². The zero-order valence-corrected chi connectivity index (χ0v) is 21.1. The fraction of sp³-hybridized carbons (Fsp3) is 0.375. The molecule has 172 valence electrons. The third-order valence-electron chi connectivity index (χ3n) is 4.54. The molecule has 32 heavy (non-hydrogen) atoms. The van der Waals surface area contributed by atoms with E-state index in [4.69, 9.17) is 14.2 Å². The Balaban J connectivity index is 2.55. The van der Waals surface area contributed by atoms with Gasteiger partial charge in [-0.2, -0.15) is 0 Å². The maximum atomic E-state index is 12.9. The molecule has 2 aromatic rings. The van der Waals surface area contributed by atoms with Crippen molar-refractivity contribution >= 4 is 45.2 Å². The summed E-state index contributed by atoms with van der Waals surface area (Å²) in [5.74, 6) is -1.10. The number of carbonyl (C=O) groups is 2. The van der Waals surface area contributed by atoms with Crippen LogP contribution in [0.3, 0.4) is 0 Å². The van der Waals surface area contributed by atoms with Gasteiger partial charge in [0.05, 0.1) is 26.0 Å². The molecule has 0 amide bonds. The Morgan fingerprint density at radius 1 is 1.03 bits per heavy atom. The number of aromatic nitrogens is 1. The van der Waals surface area contributed by atoms with Crippen LogP contribution in [0.5, 0.6) is 5.75 Å². The molecule has 0 aliphatic heterocycles. The van der Waals surface area contributed by atoms with Crippen molar-refractivity contribution in [2.75, 3.05) is 20.3 Å². The maximum absolute atomic E-state index is 12.9. The monoisotopic (exact) mass is 521 g/mol. The van der Waals surface area contributed by atoms with Crippen LogP contribution in [0, 0.1) is 5.92 Å².